The summed E-state index contributed by atoms with van der Waals surface area (Å²) >= 11 is 0. The van der Waals surface area contributed by atoms with Crippen molar-refractivity contribution in [2.24, 2.45) is 0 Å². The van der Waals surface area contributed by atoms with E-state index < -0.39 is 0 Å². The fourth-order valence-corrected chi connectivity index (χ4v) is 4.04. The molecule has 0 aliphatic carbocycles. The summed E-state index contributed by atoms with van der Waals surface area (Å²) in [5.41, 5.74) is 1.09. The summed E-state index contributed by atoms with van der Waals surface area (Å²) in [6.07, 6.45) is 8.78. The van der Waals surface area contributed by atoms with Crippen LogP contribution in [0.3, 0.4) is 0 Å². The first kappa shape index (κ1) is 16.4. The molecule has 6 heteroatoms. The Kier molecular flexibility index (Phi) is 4.63. The minimum absolute atomic E-state index is 0.0409. The van der Waals surface area contributed by atoms with Gasteiger partial charge in [0.25, 0.3) is 0 Å². The molecule has 2 fully saturated rings. The topological polar surface area (TPSA) is 54.4 Å². The predicted molar refractivity (Wildman–Crippen MR) is 96.3 cm³/mol. The SMILES string of the molecule is CN(c1ncccn1)[C@@H]1CO[C@@]2(CCCN(Cc3ccccn3)C2)C1. The third-order valence-electron chi connectivity index (χ3n) is 5.34. The van der Waals surface area contributed by atoms with Gasteiger partial charge in [-0.2, -0.15) is 0 Å². The number of hydrogen-bond donors (Lipinski definition) is 0. The van der Waals surface area contributed by atoms with E-state index >= 15 is 0 Å². The van der Waals surface area contributed by atoms with Gasteiger partial charge in [0.1, 0.15) is 0 Å². The number of likely N-dealkylation sites (tertiary alicyclic amines) is 1. The molecule has 0 bridgehead atoms. The standard InChI is InChI=1S/C19H25N5O/c1-23(18-21-9-5-10-22-18)17-12-19(25-14-17)7-4-11-24(15-19)13-16-6-2-3-8-20-16/h2-3,5-6,8-10,17H,4,7,11-15H2,1H3/t17-,19-/m0/s1. The second kappa shape index (κ2) is 7.06. The molecule has 4 rings (SSSR count). The van der Waals surface area contributed by atoms with Crippen LogP contribution in [0.5, 0.6) is 0 Å². The van der Waals surface area contributed by atoms with Gasteiger partial charge in [-0.3, -0.25) is 9.88 Å². The molecule has 0 saturated carbocycles. The Morgan fingerprint density at radius 3 is 2.84 bits per heavy atom. The minimum atomic E-state index is -0.0409. The zero-order chi connectivity index (χ0) is 17.1. The zero-order valence-corrected chi connectivity index (χ0v) is 14.7. The van der Waals surface area contributed by atoms with Crippen molar-refractivity contribution in [1.82, 2.24) is 19.9 Å². The van der Waals surface area contributed by atoms with Crippen molar-refractivity contribution in [2.45, 2.75) is 37.5 Å². The van der Waals surface area contributed by atoms with Gasteiger partial charge in [0.15, 0.2) is 0 Å². The summed E-state index contributed by atoms with van der Waals surface area (Å²) in [5, 5.41) is 0. The Balaban J connectivity index is 1.40. The van der Waals surface area contributed by atoms with E-state index in [0.717, 1.165) is 50.7 Å². The molecule has 0 unspecified atom stereocenters. The third kappa shape index (κ3) is 3.65. The molecular formula is C19H25N5O. The molecule has 132 valence electrons. The highest BCUT2D eigenvalue weighted by Gasteiger charge is 2.44. The monoisotopic (exact) mass is 339 g/mol. The van der Waals surface area contributed by atoms with E-state index in [9.17, 15) is 0 Å². The van der Waals surface area contributed by atoms with Crippen LogP contribution in [-0.4, -0.2) is 58.2 Å². The van der Waals surface area contributed by atoms with Crippen LogP contribution in [0.15, 0.2) is 42.9 Å². The van der Waals surface area contributed by atoms with Crippen LogP contribution < -0.4 is 4.90 Å². The first-order valence-electron chi connectivity index (χ1n) is 9.00. The lowest BCUT2D eigenvalue weighted by atomic mass is 9.88. The summed E-state index contributed by atoms with van der Waals surface area (Å²) in [7, 11) is 2.07. The largest absolute Gasteiger partial charge is 0.371 e. The Morgan fingerprint density at radius 1 is 1.20 bits per heavy atom. The van der Waals surface area contributed by atoms with Gasteiger partial charge in [-0.25, -0.2) is 9.97 Å². The highest BCUT2D eigenvalue weighted by molar-refractivity contribution is 5.30. The van der Waals surface area contributed by atoms with Crippen LogP contribution in [0, 0.1) is 0 Å². The number of rotatable bonds is 4. The number of nitrogens with zero attached hydrogens (tertiary/aromatic N) is 5. The maximum absolute atomic E-state index is 6.35. The lowest BCUT2D eigenvalue weighted by molar-refractivity contribution is -0.0535. The molecule has 0 aromatic carbocycles. The molecule has 25 heavy (non-hydrogen) atoms. The van der Waals surface area contributed by atoms with E-state index in [-0.39, 0.29) is 5.60 Å². The van der Waals surface area contributed by atoms with Gasteiger partial charge in [-0.15, -0.1) is 0 Å². The number of anilines is 1. The Hall–Kier alpha value is -2.05. The number of hydrogen-bond acceptors (Lipinski definition) is 6. The minimum Gasteiger partial charge on any atom is -0.371 e. The highest BCUT2D eigenvalue weighted by Crippen LogP contribution is 2.37. The fourth-order valence-electron chi connectivity index (χ4n) is 4.04. The number of likely N-dealkylation sites (N-methyl/N-ethyl adjacent to an activating group) is 1. The van der Waals surface area contributed by atoms with Crippen molar-refractivity contribution in [3.8, 4) is 0 Å². The van der Waals surface area contributed by atoms with Crippen LogP contribution in [0.1, 0.15) is 25.0 Å². The molecule has 2 aliphatic rings. The van der Waals surface area contributed by atoms with Crippen LogP contribution >= 0.6 is 0 Å². The summed E-state index contributed by atoms with van der Waals surface area (Å²) in [6.45, 7) is 3.73. The van der Waals surface area contributed by atoms with Crippen LogP contribution in [0.25, 0.3) is 0 Å². The number of pyridine rings is 1. The molecule has 1 spiro atoms. The van der Waals surface area contributed by atoms with E-state index in [1.54, 1.807) is 12.4 Å². The molecule has 2 aliphatic heterocycles. The van der Waals surface area contributed by atoms with Crippen LogP contribution in [0.4, 0.5) is 5.95 Å². The lowest BCUT2D eigenvalue weighted by Crippen LogP contribution is -2.48. The maximum Gasteiger partial charge on any atom is 0.225 e. The van der Waals surface area contributed by atoms with Crippen molar-refractivity contribution < 1.29 is 4.74 Å². The van der Waals surface area contributed by atoms with Crippen molar-refractivity contribution in [3.05, 3.63) is 48.5 Å². The van der Waals surface area contributed by atoms with Crippen LogP contribution in [0.2, 0.25) is 0 Å². The second-order valence-corrected chi connectivity index (χ2v) is 7.15. The average molecular weight is 339 g/mol. The van der Waals surface area contributed by atoms with Gasteiger partial charge in [0.2, 0.25) is 5.95 Å². The van der Waals surface area contributed by atoms with E-state index in [1.165, 1.54) is 6.42 Å². The molecule has 2 aromatic heterocycles. The fraction of sp³-hybridized carbons (Fsp3) is 0.526. The molecule has 0 N–H and O–H groups in total. The molecular weight excluding hydrogens is 314 g/mol. The van der Waals surface area contributed by atoms with Gasteiger partial charge in [0, 0.05) is 45.1 Å². The van der Waals surface area contributed by atoms with Gasteiger partial charge in [0.05, 0.1) is 23.9 Å². The van der Waals surface area contributed by atoms with Gasteiger partial charge >= 0.3 is 0 Å². The Morgan fingerprint density at radius 2 is 2.04 bits per heavy atom. The molecule has 2 aromatic rings. The summed E-state index contributed by atoms with van der Waals surface area (Å²) < 4.78 is 6.35. The molecule has 2 saturated heterocycles. The van der Waals surface area contributed by atoms with Gasteiger partial charge in [-0.05, 0) is 37.6 Å². The Labute approximate surface area is 148 Å². The maximum atomic E-state index is 6.35. The molecule has 0 amide bonds. The van der Waals surface area contributed by atoms with E-state index in [0.29, 0.717) is 6.04 Å². The average Bonchev–Trinajstić information content (AvgIpc) is 3.06. The van der Waals surface area contributed by atoms with Crippen molar-refractivity contribution >= 4 is 5.95 Å². The highest BCUT2D eigenvalue weighted by atomic mass is 16.5. The number of aromatic nitrogens is 3. The predicted octanol–water partition coefficient (Wildman–Crippen LogP) is 2.13. The van der Waals surface area contributed by atoms with Crippen molar-refractivity contribution in [1.29, 1.82) is 0 Å². The smallest absolute Gasteiger partial charge is 0.225 e. The summed E-state index contributed by atoms with van der Waals surface area (Å²) in [6, 6.07) is 8.30. The number of piperidine rings is 1. The van der Waals surface area contributed by atoms with Crippen molar-refractivity contribution in [3.63, 3.8) is 0 Å². The van der Waals surface area contributed by atoms with Gasteiger partial charge in [-0.1, -0.05) is 6.07 Å². The number of ether oxygens (including phenoxy) is 1. The van der Waals surface area contributed by atoms with Gasteiger partial charge < -0.3 is 9.64 Å². The van der Waals surface area contributed by atoms with E-state index in [2.05, 4.69) is 43.9 Å². The summed E-state index contributed by atoms with van der Waals surface area (Å²) in [5.74, 6) is 0.773. The van der Waals surface area contributed by atoms with Crippen LogP contribution in [-0.2, 0) is 11.3 Å². The third-order valence-corrected chi connectivity index (χ3v) is 5.34. The van der Waals surface area contributed by atoms with E-state index in [4.69, 9.17) is 4.74 Å². The quantitative estimate of drug-likeness (QED) is 0.851. The second-order valence-electron chi connectivity index (χ2n) is 7.15. The molecule has 6 nitrogen and oxygen atoms in total. The van der Waals surface area contributed by atoms with E-state index in [1.807, 2.05) is 18.3 Å². The molecule has 4 heterocycles. The first-order valence-corrected chi connectivity index (χ1v) is 9.00. The summed E-state index contributed by atoms with van der Waals surface area (Å²) in [4.78, 5) is 17.8. The van der Waals surface area contributed by atoms with Crippen molar-refractivity contribution in [2.75, 3.05) is 31.6 Å². The Bertz CT molecular complexity index is 683. The molecule has 0 radical (unpaired) electrons. The lowest BCUT2D eigenvalue weighted by Gasteiger charge is -2.39. The molecule has 2 atom stereocenters. The first-order chi connectivity index (χ1) is 12.2. The normalized spacial score (nSPS) is 26.8. The zero-order valence-electron chi connectivity index (χ0n) is 14.7.